The first kappa shape index (κ1) is 29.7. The molecule has 1 aromatic heterocycles. The van der Waals surface area contributed by atoms with Crippen LogP contribution < -0.4 is 10.4 Å². The highest BCUT2D eigenvalue weighted by molar-refractivity contribution is 8.00. The zero-order valence-corrected chi connectivity index (χ0v) is 24.1. The molecule has 0 fully saturated rings. The molecule has 0 bridgehead atoms. The normalized spacial score (nSPS) is 11.7. The second-order valence-electron chi connectivity index (χ2n) is 8.70. The summed E-state index contributed by atoms with van der Waals surface area (Å²) in [4.78, 5) is 24.7. The largest absolute Gasteiger partial charge is 0.503 e. The van der Waals surface area contributed by atoms with Gasteiger partial charge in [0.1, 0.15) is 23.5 Å². The van der Waals surface area contributed by atoms with Gasteiger partial charge in [-0.05, 0) is 53.7 Å². The molecule has 0 saturated heterocycles. The quantitative estimate of drug-likeness (QED) is 0.0658. The van der Waals surface area contributed by atoms with Crippen molar-refractivity contribution >= 4 is 46.0 Å². The number of rotatable bonds is 15. The third-order valence-electron chi connectivity index (χ3n) is 5.86. The second kappa shape index (κ2) is 15.5. The summed E-state index contributed by atoms with van der Waals surface area (Å²) in [5.41, 5.74) is 2.91. The number of thioether (sulfide) groups is 2. The van der Waals surface area contributed by atoms with Crippen LogP contribution in [0.4, 0.5) is 0 Å². The highest BCUT2D eigenvalue weighted by Crippen LogP contribution is 2.38. The second-order valence-corrected chi connectivity index (χ2v) is 11.0. The van der Waals surface area contributed by atoms with Crippen LogP contribution in [0.3, 0.4) is 0 Å². The van der Waals surface area contributed by atoms with E-state index in [0.29, 0.717) is 22.5 Å². The van der Waals surface area contributed by atoms with Gasteiger partial charge in [0.25, 0.3) is 0 Å². The van der Waals surface area contributed by atoms with Gasteiger partial charge in [-0.3, -0.25) is 0 Å². The molecule has 0 N–H and O–H groups in total. The number of benzene rings is 2. The van der Waals surface area contributed by atoms with Gasteiger partial charge in [-0.1, -0.05) is 38.1 Å². The molecule has 38 heavy (non-hydrogen) atoms. The molecule has 1 heterocycles. The van der Waals surface area contributed by atoms with Crippen molar-refractivity contribution in [2.45, 2.75) is 39.2 Å². The van der Waals surface area contributed by atoms with Gasteiger partial charge in [0.2, 0.25) is 0 Å². The van der Waals surface area contributed by atoms with Gasteiger partial charge < -0.3 is 18.6 Å². The van der Waals surface area contributed by atoms with Crippen LogP contribution in [-0.4, -0.2) is 43.2 Å². The average molecular weight is 557 g/mol. The fraction of sp³-hybridized carbons (Fsp3) is 0.400. The Morgan fingerprint density at radius 1 is 0.974 bits per heavy atom. The van der Waals surface area contributed by atoms with Crippen LogP contribution in [0.25, 0.3) is 16.5 Å². The lowest BCUT2D eigenvalue weighted by Gasteiger charge is -2.22. The first-order chi connectivity index (χ1) is 18.5. The molecule has 0 aliphatic rings. The summed E-state index contributed by atoms with van der Waals surface area (Å²) in [5.74, 6) is 4.26. The minimum Gasteiger partial charge on any atom is -0.503 e. The Bertz CT molecular complexity index is 1270. The maximum atomic E-state index is 12.4. The van der Waals surface area contributed by atoms with Gasteiger partial charge in [0, 0.05) is 34.4 Å². The van der Waals surface area contributed by atoms with Crippen LogP contribution in [0.2, 0.25) is 0 Å². The molecule has 3 aromatic rings. The van der Waals surface area contributed by atoms with Gasteiger partial charge in [-0.2, -0.15) is 23.5 Å². The minimum atomic E-state index is -0.492. The third-order valence-corrected chi connectivity index (χ3v) is 8.53. The first-order valence-electron chi connectivity index (χ1n) is 12.8. The highest BCUT2D eigenvalue weighted by Gasteiger charge is 2.23. The average Bonchev–Trinajstić information content (AvgIpc) is 2.93. The number of hydrogen-bond acceptors (Lipinski definition) is 8. The number of fused-ring (bicyclic) bond motifs is 1. The van der Waals surface area contributed by atoms with Gasteiger partial charge >= 0.3 is 11.6 Å². The van der Waals surface area contributed by atoms with Crippen LogP contribution in [0.15, 0.2) is 64.0 Å². The Morgan fingerprint density at radius 2 is 1.66 bits per heavy atom. The highest BCUT2D eigenvalue weighted by atomic mass is 32.2. The van der Waals surface area contributed by atoms with E-state index >= 15 is 0 Å². The lowest BCUT2D eigenvalue weighted by Crippen LogP contribution is -2.12. The Balaban J connectivity index is 2.04. The molecule has 3 rings (SSSR count). The van der Waals surface area contributed by atoms with Gasteiger partial charge in [0.05, 0.1) is 20.5 Å². The molecule has 0 spiro atoms. The number of ether oxygens (including phenoxy) is 3. The molecule has 0 amide bonds. The molecule has 0 atom stereocenters. The minimum absolute atomic E-state index is 0.140. The van der Waals surface area contributed by atoms with E-state index in [-0.39, 0.29) is 18.2 Å². The fourth-order valence-electron chi connectivity index (χ4n) is 4.12. The van der Waals surface area contributed by atoms with Crippen molar-refractivity contribution in [3.8, 4) is 5.75 Å². The van der Waals surface area contributed by atoms with Crippen molar-refractivity contribution in [1.82, 2.24) is 0 Å². The summed E-state index contributed by atoms with van der Waals surface area (Å²) in [6.07, 6.45) is 3.58. The zero-order valence-electron chi connectivity index (χ0n) is 22.5. The van der Waals surface area contributed by atoms with Crippen LogP contribution in [0.5, 0.6) is 5.75 Å². The van der Waals surface area contributed by atoms with E-state index < -0.39 is 5.97 Å². The number of carbonyl (C=O) groups excluding carboxylic acids is 1. The summed E-state index contributed by atoms with van der Waals surface area (Å²) in [5, 5.41) is 0.870. The first-order valence-corrected chi connectivity index (χ1v) is 15.1. The Kier molecular flexibility index (Phi) is 12.2. The predicted molar refractivity (Wildman–Crippen MR) is 158 cm³/mol. The lowest BCUT2D eigenvalue weighted by atomic mass is 9.98. The van der Waals surface area contributed by atoms with E-state index in [1.54, 1.807) is 6.07 Å². The Labute approximate surface area is 233 Å². The van der Waals surface area contributed by atoms with Crippen molar-refractivity contribution in [2.24, 2.45) is 0 Å². The van der Waals surface area contributed by atoms with Crippen molar-refractivity contribution < 1.29 is 23.4 Å². The Morgan fingerprint density at radius 3 is 2.32 bits per heavy atom. The number of hydrogen-bond donors (Lipinski definition) is 0. The predicted octanol–water partition coefficient (Wildman–Crippen LogP) is 6.90. The van der Waals surface area contributed by atoms with Gasteiger partial charge in [-0.15, -0.1) is 0 Å². The van der Waals surface area contributed by atoms with Crippen molar-refractivity contribution in [3.05, 3.63) is 81.9 Å². The fourth-order valence-corrected chi connectivity index (χ4v) is 6.31. The van der Waals surface area contributed by atoms with E-state index in [1.807, 2.05) is 59.9 Å². The molecule has 0 saturated carbocycles. The molecular formula is C30H36O6S2. The number of methoxy groups -OCH3 is 2. The molecule has 6 nitrogen and oxygen atoms in total. The van der Waals surface area contributed by atoms with E-state index in [0.717, 1.165) is 52.4 Å². The summed E-state index contributed by atoms with van der Waals surface area (Å²) in [7, 11) is 2.83. The number of carbonyl (C=O) groups is 1. The Hall–Kier alpha value is -2.84. The molecule has 0 radical (unpaired) electrons. The molecule has 0 aliphatic carbocycles. The smallest absolute Gasteiger partial charge is 0.341 e. The lowest BCUT2D eigenvalue weighted by molar-refractivity contribution is -0.133. The molecule has 8 heteroatoms. The van der Waals surface area contributed by atoms with Crippen LogP contribution >= 0.6 is 23.5 Å². The van der Waals surface area contributed by atoms with Crippen molar-refractivity contribution in [3.63, 3.8) is 0 Å². The summed E-state index contributed by atoms with van der Waals surface area (Å²) >= 11 is 3.81. The van der Waals surface area contributed by atoms with E-state index in [9.17, 15) is 9.59 Å². The summed E-state index contributed by atoms with van der Waals surface area (Å²) in [6, 6.07) is 14.6. The topological polar surface area (TPSA) is 75.0 Å². The standard InChI is InChI=1S/C30H36O6S2/c1-5-15-37-19-23(20-38-16-6-2)28-26(13-11-21-12-14-27(31)36-29(21)28)35-17-22-9-7-8-10-24(22)25(18-33-3)30(32)34-4/h7-14,18,23H,5-6,15-17,19-20H2,1-4H3/b25-18+. The van der Waals surface area contributed by atoms with Crippen molar-refractivity contribution in [2.75, 3.05) is 37.2 Å². The third kappa shape index (κ3) is 7.84. The van der Waals surface area contributed by atoms with E-state index in [1.165, 1.54) is 26.5 Å². The van der Waals surface area contributed by atoms with Crippen LogP contribution in [0.1, 0.15) is 49.3 Å². The van der Waals surface area contributed by atoms with Gasteiger partial charge in [-0.25, -0.2) is 9.59 Å². The maximum Gasteiger partial charge on any atom is 0.341 e. The van der Waals surface area contributed by atoms with Crippen LogP contribution in [-0.2, 0) is 20.9 Å². The molecular weight excluding hydrogens is 520 g/mol. The summed E-state index contributed by atoms with van der Waals surface area (Å²) < 4.78 is 22.3. The molecule has 204 valence electrons. The van der Waals surface area contributed by atoms with Crippen molar-refractivity contribution in [1.29, 1.82) is 0 Å². The molecule has 0 unspecified atom stereocenters. The molecule has 0 aliphatic heterocycles. The zero-order chi connectivity index (χ0) is 27.3. The monoisotopic (exact) mass is 556 g/mol. The van der Waals surface area contributed by atoms with Gasteiger partial charge in [0.15, 0.2) is 0 Å². The van der Waals surface area contributed by atoms with Crippen LogP contribution in [0, 0.1) is 0 Å². The van der Waals surface area contributed by atoms with E-state index in [2.05, 4.69) is 13.8 Å². The van der Waals surface area contributed by atoms with E-state index in [4.69, 9.17) is 18.6 Å². The number of esters is 1. The molecule has 2 aromatic carbocycles. The summed E-state index contributed by atoms with van der Waals surface area (Å²) in [6.45, 7) is 4.56. The maximum absolute atomic E-state index is 12.4. The SMILES string of the molecule is CCCSCC(CSCCC)c1c(OCc2ccccc2/C(=C\OC)C(=O)OC)ccc2ccc(=O)oc12.